The second-order valence-corrected chi connectivity index (χ2v) is 8.17. The number of nitrogens with zero attached hydrogens (tertiary/aromatic N) is 3. The van der Waals surface area contributed by atoms with Gasteiger partial charge >= 0.3 is 24.4 Å². The van der Waals surface area contributed by atoms with Crippen molar-refractivity contribution in [2.45, 2.75) is 0 Å². The fourth-order valence-electron chi connectivity index (χ4n) is 0.947. The molecule has 0 aliphatic carbocycles. The van der Waals surface area contributed by atoms with Crippen LogP contribution in [0, 0.1) is 0 Å². The number of thioether (sulfide) groups is 3. The quantitative estimate of drug-likeness (QED) is 0.390. The molecule has 0 saturated heterocycles. The first kappa shape index (κ1) is 20.5. The minimum atomic E-state index is 0. The third-order valence-corrected chi connectivity index (χ3v) is 5.41. The Morgan fingerprint density at radius 2 is 0.895 bits per heavy atom. The van der Waals surface area contributed by atoms with Crippen LogP contribution < -0.4 is 0 Å². The molecular formula is C9H12N3S6Sb. The maximum Gasteiger partial charge on any atom is 3.00 e. The minimum absolute atomic E-state index is 0. The van der Waals surface area contributed by atoms with Gasteiger partial charge in [0.1, 0.15) is 0 Å². The summed E-state index contributed by atoms with van der Waals surface area (Å²) in [7, 11) is 0. The summed E-state index contributed by atoms with van der Waals surface area (Å²) in [6.45, 7) is 2.80. The smallest absolute Gasteiger partial charge is 0.754 e. The van der Waals surface area contributed by atoms with Crippen molar-refractivity contribution in [3.8, 4) is 0 Å². The number of hydrogen-bond acceptors (Lipinski definition) is 9. The Balaban J connectivity index is 0.000000249. The summed E-state index contributed by atoms with van der Waals surface area (Å²) in [6, 6.07) is 0. The monoisotopic (exact) mass is 475 g/mol. The molecule has 0 saturated carbocycles. The van der Waals surface area contributed by atoms with E-state index in [0.29, 0.717) is 0 Å². The zero-order valence-electron chi connectivity index (χ0n) is 9.98. The molecule has 3 rings (SSSR count). The van der Waals surface area contributed by atoms with E-state index in [1.807, 2.05) is 0 Å². The SMILES string of the molecule is [S-]C1=NCCS1.[S-]C1=NCCS1.[S-]C1=NCCS1.[Sb+3]. The van der Waals surface area contributed by atoms with Crippen molar-refractivity contribution >= 4 is 111 Å². The van der Waals surface area contributed by atoms with Gasteiger partial charge in [-0.05, 0) is 0 Å². The topological polar surface area (TPSA) is 37.1 Å². The van der Waals surface area contributed by atoms with Gasteiger partial charge in [-0.25, -0.2) is 0 Å². The first-order valence-corrected chi connectivity index (χ1v) is 9.39. The average Bonchev–Trinajstić information content (AvgIpc) is 3.05. The Bertz CT molecular complexity index is 295. The standard InChI is InChI=1S/3C3H5NS2.Sb/c3*5-3-4-1-2-6-3;/h3*1-2H2,(H,4,5);/q;;;+3/p-3. The van der Waals surface area contributed by atoms with Crippen LogP contribution in [0.1, 0.15) is 0 Å². The molecule has 0 aromatic rings. The Hall–Kier alpha value is 1.54. The van der Waals surface area contributed by atoms with Gasteiger partial charge in [0.25, 0.3) is 0 Å². The second-order valence-electron chi connectivity index (χ2n) is 2.99. The summed E-state index contributed by atoms with van der Waals surface area (Å²) >= 11 is 19.1. The molecule has 3 heterocycles. The number of rotatable bonds is 0. The van der Waals surface area contributed by atoms with Crippen LogP contribution in [0.25, 0.3) is 0 Å². The van der Waals surface area contributed by atoms with Gasteiger partial charge in [-0.2, -0.15) is 0 Å². The fraction of sp³-hybridized carbons (Fsp3) is 0.667. The van der Waals surface area contributed by atoms with Gasteiger partial charge in [0.15, 0.2) is 0 Å². The largest absolute Gasteiger partial charge is 3.00 e. The third-order valence-electron chi connectivity index (χ3n) is 1.67. The van der Waals surface area contributed by atoms with Crippen LogP contribution in [0.3, 0.4) is 0 Å². The zero-order valence-corrected chi connectivity index (χ0v) is 17.4. The Kier molecular flexibility index (Phi) is 14.3. The molecule has 19 heavy (non-hydrogen) atoms. The Labute approximate surface area is 161 Å². The first-order valence-electron chi connectivity index (χ1n) is 5.21. The normalized spacial score (nSPS) is 19.9. The van der Waals surface area contributed by atoms with Crippen LogP contribution in [0.5, 0.6) is 0 Å². The molecule has 0 N–H and O–H groups in total. The van der Waals surface area contributed by atoms with Gasteiger partial charge in [-0.15, -0.1) is 35.3 Å². The molecule has 0 amide bonds. The van der Waals surface area contributed by atoms with Crippen molar-refractivity contribution in [1.82, 2.24) is 0 Å². The molecule has 0 aromatic heterocycles. The summed E-state index contributed by atoms with van der Waals surface area (Å²) in [5, 5.41) is 0. The molecule has 3 aliphatic heterocycles. The van der Waals surface area contributed by atoms with E-state index in [-0.39, 0.29) is 24.4 Å². The van der Waals surface area contributed by atoms with E-state index in [1.54, 1.807) is 35.3 Å². The molecule has 0 bridgehead atoms. The molecule has 0 atom stereocenters. The van der Waals surface area contributed by atoms with Gasteiger partial charge in [-0.1, -0.05) is 13.1 Å². The van der Waals surface area contributed by atoms with Crippen LogP contribution in [0.15, 0.2) is 15.0 Å². The molecule has 3 nitrogen and oxygen atoms in total. The average molecular weight is 476 g/mol. The molecule has 0 aromatic carbocycles. The van der Waals surface area contributed by atoms with Crippen molar-refractivity contribution in [1.29, 1.82) is 0 Å². The molecule has 0 unspecified atom stereocenters. The molecule has 0 spiro atoms. The van der Waals surface area contributed by atoms with Gasteiger partial charge < -0.3 is 52.9 Å². The van der Waals surface area contributed by atoms with Gasteiger partial charge in [0, 0.05) is 36.9 Å². The number of aliphatic imine (C=N–C) groups is 3. The zero-order chi connectivity index (χ0) is 13.2. The molecule has 3 aliphatic rings. The van der Waals surface area contributed by atoms with Crippen LogP contribution in [0.4, 0.5) is 0 Å². The van der Waals surface area contributed by atoms with E-state index < -0.39 is 0 Å². The van der Waals surface area contributed by atoms with Crippen LogP contribution in [-0.2, 0) is 37.9 Å². The van der Waals surface area contributed by atoms with Crippen LogP contribution >= 0.6 is 35.3 Å². The predicted octanol–water partition coefficient (Wildman–Crippen LogP) is 1.53. The number of hydrogen-bond donors (Lipinski definition) is 0. The Morgan fingerprint density at radius 3 is 0.947 bits per heavy atom. The van der Waals surface area contributed by atoms with Gasteiger partial charge in [0.05, 0.1) is 0 Å². The summed E-state index contributed by atoms with van der Waals surface area (Å²) in [5.74, 6) is 3.29. The van der Waals surface area contributed by atoms with Crippen molar-refractivity contribution < 1.29 is 0 Å². The fourth-order valence-corrected chi connectivity index (χ4v) is 3.59. The van der Waals surface area contributed by atoms with Gasteiger partial charge in [0.2, 0.25) is 0 Å². The van der Waals surface area contributed by atoms with Crippen molar-refractivity contribution in [2.75, 3.05) is 36.9 Å². The molecule has 0 fully saturated rings. The van der Waals surface area contributed by atoms with E-state index >= 15 is 0 Å². The van der Waals surface area contributed by atoms with E-state index in [2.05, 4.69) is 15.0 Å². The maximum absolute atomic E-state index is 4.72. The molecule has 104 valence electrons. The van der Waals surface area contributed by atoms with Crippen molar-refractivity contribution in [3.05, 3.63) is 0 Å². The van der Waals surface area contributed by atoms with Crippen molar-refractivity contribution in [2.24, 2.45) is 15.0 Å². The molecule has 10 heteroatoms. The van der Waals surface area contributed by atoms with Gasteiger partial charge in [-0.3, -0.25) is 0 Å². The van der Waals surface area contributed by atoms with E-state index in [9.17, 15) is 0 Å². The van der Waals surface area contributed by atoms with Crippen molar-refractivity contribution in [3.63, 3.8) is 0 Å². The van der Waals surface area contributed by atoms with Crippen LogP contribution in [-0.4, -0.2) is 74.4 Å². The Morgan fingerprint density at radius 1 is 0.632 bits per heavy atom. The summed E-state index contributed by atoms with van der Waals surface area (Å²) in [5.41, 5.74) is 0. The second kappa shape index (κ2) is 13.2. The molecule has 2 radical (unpaired) electrons. The molecular weight excluding hydrogens is 464 g/mol. The van der Waals surface area contributed by atoms with E-state index in [4.69, 9.17) is 37.9 Å². The summed E-state index contributed by atoms with van der Waals surface area (Å²) < 4.78 is 2.49. The maximum atomic E-state index is 4.72. The van der Waals surface area contributed by atoms with Crippen LogP contribution in [0.2, 0.25) is 0 Å². The minimum Gasteiger partial charge on any atom is -0.754 e. The first-order chi connectivity index (χ1) is 8.68. The predicted molar refractivity (Wildman–Crippen MR) is 102 cm³/mol. The third kappa shape index (κ3) is 11.8. The summed E-state index contributed by atoms with van der Waals surface area (Å²) in [6.07, 6.45) is 0. The summed E-state index contributed by atoms with van der Waals surface area (Å²) in [4.78, 5) is 11.8. The van der Waals surface area contributed by atoms with E-state index in [1.165, 1.54) is 0 Å². The van der Waals surface area contributed by atoms with E-state index in [0.717, 1.165) is 50.0 Å².